The summed E-state index contributed by atoms with van der Waals surface area (Å²) in [5.41, 5.74) is 1.14. The third kappa shape index (κ3) is 2.21. The number of anilines is 1. The number of nitrogens with zero attached hydrogens (tertiary/aromatic N) is 3. The average molecular weight is 282 g/mol. The van der Waals surface area contributed by atoms with Gasteiger partial charge in [0.05, 0.1) is 10.5 Å². The van der Waals surface area contributed by atoms with E-state index in [0.29, 0.717) is 0 Å². The van der Waals surface area contributed by atoms with E-state index < -0.39 is 0 Å². The Morgan fingerprint density at radius 1 is 1.44 bits per heavy atom. The maximum Gasteiger partial charge on any atom is 0.146 e. The van der Waals surface area contributed by atoms with Gasteiger partial charge in [-0.2, -0.15) is 5.10 Å². The average Bonchev–Trinajstić information content (AvgIpc) is 2.78. The van der Waals surface area contributed by atoms with Crippen molar-refractivity contribution in [2.75, 3.05) is 5.32 Å². The van der Waals surface area contributed by atoms with Crippen LogP contribution in [0.2, 0.25) is 0 Å². The molecular weight excluding hydrogens is 270 g/mol. The topological polar surface area (TPSA) is 66.5 Å². The minimum absolute atomic E-state index is 0.0353. The van der Waals surface area contributed by atoms with Crippen LogP contribution >= 0.6 is 15.9 Å². The van der Waals surface area contributed by atoms with Crippen LogP contribution in [-0.2, 0) is 0 Å². The van der Waals surface area contributed by atoms with Crippen molar-refractivity contribution < 1.29 is 0 Å². The van der Waals surface area contributed by atoms with Crippen LogP contribution in [0.3, 0.4) is 0 Å². The van der Waals surface area contributed by atoms with Crippen molar-refractivity contribution >= 4 is 21.7 Å². The highest BCUT2D eigenvalue weighted by Gasteiger charge is 2.11. The molecule has 2 heterocycles. The molecule has 0 aromatic carbocycles. The van der Waals surface area contributed by atoms with E-state index >= 15 is 0 Å². The highest BCUT2D eigenvalue weighted by Crippen LogP contribution is 2.25. The summed E-state index contributed by atoms with van der Waals surface area (Å²) in [4.78, 5) is 8.36. The van der Waals surface area contributed by atoms with Gasteiger partial charge in [0.15, 0.2) is 0 Å². The largest absolute Gasteiger partial charge is 0.359 e. The normalized spacial score (nSPS) is 12.4. The number of rotatable bonds is 3. The molecule has 0 saturated heterocycles. The van der Waals surface area contributed by atoms with E-state index in [9.17, 15) is 0 Å². The number of halogens is 1. The van der Waals surface area contributed by atoms with Gasteiger partial charge in [-0.25, -0.2) is 9.97 Å². The quantitative estimate of drug-likeness (QED) is 0.907. The Bertz CT molecular complexity index is 468. The number of aryl methyl sites for hydroxylation is 1. The fraction of sp³-hybridized carbons (Fsp3) is 0.300. The van der Waals surface area contributed by atoms with Gasteiger partial charge in [-0.15, -0.1) is 0 Å². The van der Waals surface area contributed by atoms with Gasteiger partial charge >= 0.3 is 0 Å². The molecule has 84 valence electrons. The zero-order valence-electron chi connectivity index (χ0n) is 9.03. The second-order valence-electron chi connectivity index (χ2n) is 3.53. The zero-order chi connectivity index (χ0) is 11.5. The number of pyridine rings is 1. The van der Waals surface area contributed by atoms with Gasteiger partial charge in [-0.05, 0) is 41.4 Å². The number of aromatic nitrogens is 4. The highest BCUT2D eigenvalue weighted by atomic mass is 79.9. The number of hydrogen-bond acceptors (Lipinski definition) is 4. The predicted molar refractivity (Wildman–Crippen MR) is 65.1 cm³/mol. The lowest BCUT2D eigenvalue weighted by molar-refractivity contribution is 0.789. The Morgan fingerprint density at radius 3 is 2.94 bits per heavy atom. The molecule has 1 atom stereocenters. The number of H-pyrrole nitrogens is 1. The van der Waals surface area contributed by atoms with Crippen molar-refractivity contribution in [1.82, 2.24) is 20.2 Å². The van der Waals surface area contributed by atoms with E-state index in [0.717, 1.165) is 21.7 Å². The van der Waals surface area contributed by atoms with Crippen LogP contribution in [0.5, 0.6) is 0 Å². The number of hydrogen-bond donors (Lipinski definition) is 2. The Morgan fingerprint density at radius 2 is 2.25 bits per heavy atom. The van der Waals surface area contributed by atoms with E-state index in [2.05, 4.69) is 41.4 Å². The first-order valence-electron chi connectivity index (χ1n) is 4.91. The smallest absolute Gasteiger partial charge is 0.146 e. The van der Waals surface area contributed by atoms with Gasteiger partial charge in [0, 0.05) is 6.20 Å². The van der Waals surface area contributed by atoms with Gasteiger partial charge in [0.25, 0.3) is 0 Å². The van der Waals surface area contributed by atoms with Crippen molar-refractivity contribution in [3.05, 3.63) is 34.5 Å². The molecular formula is C10H12BrN5. The minimum Gasteiger partial charge on any atom is -0.359 e. The van der Waals surface area contributed by atoms with Crippen LogP contribution in [0, 0.1) is 6.92 Å². The maximum atomic E-state index is 4.27. The Labute approximate surface area is 102 Å². The van der Waals surface area contributed by atoms with Gasteiger partial charge in [-0.1, -0.05) is 0 Å². The molecule has 0 saturated carbocycles. The van der Waals surface area contributed by atoms with Crippen molar-refractivity contribution in [3.63, 3.8) is 0 Å². The highest BCUT2D eigenvalue weighted by molar-refractivity contribution is 9.10. The van der Waals surface area contributed by atoms with Crippen molar-refractivity contribution in [3.8, 4) is 0 Å². The standard InChI is InChI=1S/C10H12BrN5/c1-6-3-4-12-10(8(6)11)15-7(2)9-13-5-14-16-9/h3-5,7H,1-2H3,(H,12,15)(H,13,14,16). The first-order chi connectivity index (χ1) is 7.68. The summed E-state index contributed by atoms with van der Waals surface area (Å²) >= 11 is 3.50. The van der Waals surface area contributed by atoms with Gasteiger partial charge in [-0.3, -0.25) is 5.10 Å². The predicted octanol–water partition coefficient (Wildman–Crippen LogP) is 2.44. The second kappa shape index (κ2) is 4.61. The summed E-state index contributed by atoms with van der Waals surface area (Å²) in [6.45, 7) is 4.02. The monoisotopic (exact) mass is 281 g/mol. The first-order valence-corrected chi connectivity index (χ1v) is 5.70. The zero-order valence-corrected chi connectivity index (χ0v) is 10.6. The number of aromatic amines is 1. The lowest BCUT2D eigenvalue weighted by Gasteiger charge is -2.13. The third-order valence-electron chi connectivity index (χ3n) is 2.28. The van der Waals surface area contributed by atoms with Crippen LogP contribution in [0.25, 0.3) is 0 Å². The first kappa shape index (κ1) is 11.1. The molecule has 0 fully saturated rings. The van der Waals surface area contributed by atoms with E-state index in [4.69, 9.17) is 0 Å². The Balaban J connectivity index is 2.18. The van der Waals surface area contributed by atoms with Crippen LogP contribution in [0.15, 0.2) is 23.1 Å². The molecule has 0 bridgehead atoms. The summed E-state index contributed by atoms with van der Waals surface area (Å²) in [7, 11) is 0. The Hall–Kier alpha value is -1.43. The lowest BCUT2D eigenvalue weighted by Crippen LogP contribution is -2.10. The maximum absolute atomic E-state index is 4.27. The molecule has 2 rings (SSSR count). The molecule has 0 spiro atoms. The molecule has 2 aromatic heterocycles. The van der Waals surface area contributed by atoms with Gasteiger partial charge in [0.2, 0.25) is 0 Å². The minimum atomic E-state index is 0.0353. The molecule has 0 aliphatic rings. The Kier molecular flexibility index (Phi) is 3.19. The molecule has 0 aliphatic heterocycles. The van der Waals surface area contributed by atoms with Crippen molar-refractivity contribution in [2.24, 2.45) is 0 Å². The van der Waals surface area contributed by atoms with E-state index in [-0.39, 0.29) is 6.04 Å². The number of nitrogens with one attached hydrogen (secondary N) is 2. The fourth-order valence-corrected chi connectivity index (χ4v) is 1.69. The second-order valence-corrected chi connectivity index (χ2v) is 4.32. The summed E-state index contributed by atoms with van der Waals surface area (Å²) in [5.74, 6) is 1.60. The molecule has 5 nitrogen and oxygen atoms in total. The molecule has 2 N–H and O–H groups in total. The summed E-state index contributed by atoms with van der Waals surface area (Å²) < 4.78 is 0.973. The van der Waals surface area contributed by atoms with Crippen LogP contribution in [0.4, 0.5) is 5.82 Å². The molecule has 16 heavy (non-hydrogen) atoms. The molecule has 0 aliphatic carbocycles. The van der Waals surface area contributed by atoms with Crippen LogP contribution < -0.4 is 5.32 Å². The van der Waals surface area contributed by atoms with Gasteiger partial charge < -0.3 is 5.32 Å². The molecule has 0 amide bonds. The van der Waals surface area contributed by atoms with Crippen molar-refractivity contribution in [1.29, 1.82) is 0 Å². The fourth-order valence-electron chi connectivity index (χ4n) is 1.34. The van der Waals surface area contributed by atoms with Gasteiger partial charge in [0.1, 0.15) is 18.0 Å². The van der Waals surface area contributed by atoms with Crippen LogP contribution in [0.1, 0.15) is 24.4 Å². The molecule has 6 heteroatoms. The molecule has 0 radical (unpaired) electrons. The molecule has 2 aromatic rings. The molecule has 1 unspecified atom stereocenters. The van der Waals surface area contributed by atoms with E-state index in [1.807, 2.05) is 19.9 Å². The summed E-state index contributed by atoms with van der Waals surface area (Å²) in [6.07, 6.45) is 3.27. The summed E-state index contributed by atoms with van der Waals surface area (Å²) in [5, 5.41) is 9.90. The SMILES string of the molecule is Cc1ccnc(NC(C)c2ncn[nH]2)c1Br. The van der Waals surface area contributed by atoms with E-state index in [1.165, 1.54) is 6.33 Å². The third-order valence-corrected chi connectivity index (χ3v) is 3.28. The van der Waals surface area contributed by atoms with Crippen molar-refractivity contribution in [2.45, 2.75) is 19.9 Å². The van der Waals surface area contributed by atoms with E-state index in [1.54, 1.807) is 6.20 Å². The summed E-state index contributed by atoms with van der Waals surface area (Å²) in [6, 6.07) is 1.99. The lowest BCUT2D eigenvalue weighted by atomic mass is 10.2. The van der Waals surface area contributed by atoms with Crippen LogP contribution in [-0.4, -0.2) is 20.2 Å².